The molecular weight excluding hydrogens is 387 g/mol. The highest BCUT2D eigenvalue weighted by Crippen LogP contribution is 2.27. The van der Waals surface area contributed by atoms with E-state index in [2.05, 4.69) is 35.7 Å². The predicted molar refractivity (Wildman–Crippen MR) is 102 cm³/mol. The zero-order chi connectivity index (χ0) is 19.8. The average molecular weight is 404 g/mol. The molecule has 2 amide bonds. The summed E-state index contributed by atoms with van der Waals surface area (Å²) in [6.07, 6.45) is 0.707. The standard InChI is InChI=1S/C16H17FN8O2S/c1-18-12-4-11(21-10-6-28-24-13(10)16(27)19-2)23-14-7(5-20-25(12)14)15(26)22-9-3-8(9)17/h4-6,8-9,18H,3H2,1-2H3,(H,19,27)(H,21,23)(H,22,26)/t8-,9+/m0/s1. The number of anilines is 3. The molecule has 1 aliphatic rings. The molecule has 1 fully saturated rings. The summed E-state index contributed by atoms with van der Waals surface area (Å²) >= 11 is 1.13. The number of amides is 2. The molecule has 0 aromatic carbocycles. The molecule has 0 spiro atoms. The van der Waals surface area contributed by atoms with Crippen LogP contribution in [0.25, 0.3) is 5.65 Å². The fraction of sp³-hybridized carbons (Fsp3) is 0.312. The number of hydrogen-bond donors (Lipinski definition) is 4. The Labute approximate surface area is 162 Å². The molecule has 0 saturated heterocycles. The first-order valence-corrected chi connectivity index (χ1v) is 9.30. The average Bonchev–Trinajstić information content (AvgIpc) is 3.08. The van der Waals surface area contributed by atoms with Crippen LogP contribution in [0.4, 0.5) is 21.7 Å². The zero-order valence-electron chi connectivity index (χ0n) is 15.0. The summed E-state index contributed by atoms with van der Waals surface area (Å²) in [6, 6.07) is 1.23. The molecule has 0 radical (unpaired) electrons. The van der Waals surface area contributed by atoms with E-state index in [0.717, 1.165) is 11.5 Å². The second-order valence-corrected chi connectivity index (χ2v) is 6.81. The van der Waals surface area contributed by atoms with Crippen LogP contribution in [0.5, 0.6) is 0 Å². The molecule has 1 aliphatic carbocycles. The first-order chi connectivity index (χ1) is 13.5. The van der Waals surface area contributed by atoms with Gasteiger partial charge < -0.3 is 21.3 Å². The van der Waals surface area contributed by atoms with Gasteiger partial charge in [-0.25, -0.2) is 9.37 Å². The Morgan fingerprint density at radius 1 is 1.32 bits per heavy atom. The van der Waals surface area contributed by atoms with Crippen LogP contribution in [0.1, 0.15) is 27.3 Å². The summed E-state index contributed by atoms with van der Waals surface area (Å²) in [5.41, 5.74) is 1.27. The van der Waals surface area contributed by atoms with Crippen molar-refractivity contribution >= 4 is 46.3 Å². The normalized spacial score (nSPS) is 18.0. The number of fused-ring (bicyclic) bond motifs is 1. The van der Waals surface area contributed by atoms with Gasteiger partial charge in [0.25, 0.3) is 11.8 Å². The van der Waals surface area contributed by atoms with E-state index >= 15 is 0 Å². The summed E-state index contributed by atoms with van der Waals surface area (Å²) in [5.74, 6) is 0.209. The minimum atomic E-state index is -1.00. The van der Waals surface area contributed by atoms with Crippen LogP contribution in [0.3, 0.4) is 0 Å². The van der Waals surface area contributed by atoms with Gasteiger partial charge in [0.15, 0.2) is 11.3 Å². The minimum Gasteiger partial charge on any atom is -0.373 e. The van der Waals surface area contributed by atoms with E-state index in [4.69, 9.17) is 0 Å². The minimum absolute atomic E-state index is 0.231. The number of hydrogen-bond acceptors (Lipinski definition) is 8. The van der Waals surface area contributed by atoms with Crippen molar-refractivity contribution in [2.75, 3.05) is 24.7 Å². The molecule has 3 aromatic rings. The molecule has 2 atom stereocenters. The fourth-order valence-corrected chi connectivity index (χ4v) is 3.29. The number of halogens is 1. The zero-order valence-corrected chi connectivity index (χ0v) is 15.8. The topological polar surface area (TPSA) is 125 Å². The Kier molecular flexibility index (Phi) is 4.55. The fourth-order valence-electron chi connectivity index (χ4n) is 2.67. The Hall–Kier alpha value is -3.28. The van der Waals surface area contributed by atoms with Gasteiger partial charge in [-0.05, 0) is 11.5 Å². The lowest BCUT2D eigenvalue weighted by molar-refractivity contribution is 0.0944. The predicted octanol–water partition coefficient (Wildman–Crippen LogP) is 1.17. The summed E-state index contributed by atoms with van der Waals surface area (Å²) < 4.78 is 18.7. The highest BCUT2D eigenvalue weighted by atomic mass is 32.1. The molecule has 10 nitrogen and oxygen atoms in total. The molecule has 146 valence electrons. The SMILES string of the molecule is CNC(=O)c1nscc1Nc1cc(NC)n2ncc(C(=O)N[C@@H]3C[C@@H]3F)c2n1. The van der Waals surface area contributed by atoms with Gasteiger partial charge in [0.2, 0.25) is 0 Å². The van der Waals surface area contributed by atoms with Crippen molar-refractivity contribution < 1.29 is 14.0 Å². The molecule has 1 saturated carbocycles. The number of nitrogens with zero attached hydrogens (tertiary/aromatic N) is 4. The van der Waals surface area contributed by atoms with Gasteiger partial charge in [0.1, 0.15) is 23.4 Å². The van der Waals surface area contributed by atoms with Crippen LogP contribution >= 0.6 is 11.5 Å². The van der Waals surface area contributed by atoms with Gasteiger partial charge in [-0.2, -0.15) is 14.0 Å². The summed E-state index contributed by atoms with van der Waals surface area (Å²) in [6.45, 7) is 0. The number of rotatable bonds is 6. The van der Waals surface area contributed by atoms with Gasteiger partial charge >= 0.3 is 0 Å². The van der Waals surface area contributed by atoms with Gasteiger partial charge in [0.05, 0.1) is 17.9 Å². The van der Waals surface area contributed by atoms with E-state index in [1.807, 2.05) is 0 Å². The van der Waals surface area contributed by atoms with Crippen LogP contribution in [0.15, 0.2) is 17.6 Å². The quantitative estimate of drug-likeness (QED) is 0.486. The maximum Gasteiger partial charge on any atom is 0.272 e. The van der Waals surface area contributed by atoms with Gasteiger partial charge in [-0.15, -0.1) is 0 Å². The van der Waals surface area contributed by atoms with Gasteiger partial charge in [-0.1, -0.05) is 0 Å². The summed E-state index contributed by atoms with van der Waals surface area (Å²) in [4.78, 5) is 28.8. The molecule has 4 rings (SSSR count). The van der Waals surface area contributed by atoms with Crippen molar-refractivity contribution in [3.05, 3.63) is 28.9 Å². The first-order valence-electron chi connectivity index (χ1n) is 8.46. The molecule has 0 bridgehead atoms. The highest BCUT2D eigenvalue weighted by molar-refractivity contribution is 7.04. The second kappa shape index (κ2) is 7.03. The number of nitrogens with one attached hydrogen (secondary N) is 4. The number of carbonyl (C=O) groups excluding carboxylic acids is 2. The van der Waals surface area contributed by atoms with E-state index in [-0.39, 0.29) is 17.2 Å². The first kappa shape index (κ1) is 18.1. The second-order valence-electron chi connectivity index (χ2n) is 6.18. The number of alkyl halides is 1. The Morgan fingerprint density at radius 3 is 2.79 bits per heavy atom. The third-order valence-electron chi connectivity index (χ3n) is 4.28. The van der Waals surface area contributed by atoms with Crippen LogP contribution in [-0.4, -0.2) is 57.1 Å². The third-order valence-corrected chi connectivity index (χ3v) is 4.91. The third kappa shape index (κ3) is 3.22. The van der Waals surface area contributed by atoms with Crippen molar-refractivity contribution in [2.24, 2.45) is 0 Å². The molecule has 28 heavy (non-hydrogen) atoms. The molecule has 12 heteroatoms. The lowest BCUT2D eigenvalue weighted by atomic mass is 10.3. The van der Waals surface area contributed by atoms with Crippen LogP contribution in [0, 0.1) is 0 Å². The van der Waals surface area contributed by atoms with Crippen LogP contribution < -0.4 is 21.3 Å². The lowest BCUT2D eigenvalue weighted by Gasteiger charge is -2.10. The van der Waals surface area contributed by atoms with Crippen molar-refractivity contribution in [2.45, 2.75) is 18.6 Å². The van der Waals surface area contributed by atoms with E-state index in [0.29, 0.717) is 29.4 Å². The molecule has 4 N–H and O–H groups in total. The van der Waals surface area contributed by atoms with Crippen LogP contribution in [-0.2, 0) is 0 Å². The van der Waals surface area contributed by atoms with Crippen molar-refractivity contribution in [1.82, 2.24) is 29.6 Å². The smallest absolute Gasteiger partial charge is 0.272 e. The largest absolute Gasteiger partial charge is 0.373 e. The summed E-state index contributed by atoms with van der Waals surface area (Å²) in [7, 11) is 3.23. The van der Waals surface area contributed by atoms with E-state index < -0.39 is 18.1 Å². The molecule has 0 unspecified atom stereocenters. The maximum absolute atomic E-state index is 13.1. The molecule has 3 aromatic heterocycles. The van der Waals surface area contributed by atoms with Gasteiger partial charge in [0, 0.05) is 32.0 Å². The number of carbonyl (C=O) groups is 2. The molecule has 3 heterocycles. The summed E-state index contributed by atoms with van der Waals surface area (Å²) in [5, 5.41) is 17.1. The molecular formula is C16H17FN8O2S. The van der Waals surface area contributed by atoms with Crippen LogP contribution in [0.2, 0.25) is 0 Å². The Balaban J connectivity index is 1.69. The van der Waals surface area contributed by atoms with Crippen molar-refractivity contribution in [1.29, 1.82) is 0 Å². The Bertz CT molecular complexity index is 1060. The lowest BCUT2D eigenvalue weighted by Crippen LogP contribution is -2.27. The van der Waals surface area contributed by atoms with Crippen molar-refractivity contribution in [3.63, 3.8) is 0 Å². The van der Waals surface area contributed by atoms with E-state index in [9.17, 15) is 14.0 Å². The van der Waals surface area contributed by atoms with Crippen molar-refractivity contribution in [3.8, 4) is 0 Å². The van der Waals surface area contributed by atoms with E-state index in [1.54, 1.807) is 18.5 Å². The Morgan fingerprint density at radius 2 is 2.11 bits per heavy atom. The number of aromatic nitrogens is 4. The molecule has 0 aliphatic heterocycles. The monoisotopic (exact) mass is 404 g/mol. The maximum atomic E-state index is 13.1. The van der Waals surface area contributed by atoms with Gasteiger partial charge in [-0.3, -0.25) is 9.59 Å². The highest BCUT2D eigenvalue weighted by Gasteiger charge is 2.39. The van der Waals surface area contributed by atoms with E-state index in [1.165, 1.54) is 17.8 Å².